The van der Waals surface area contributed by atoms with Crippen LogP contribution in [0.3, 0.4) is 0 Å². The molecular formula is C22H18ClFN2O3. The highest BCUT2D eigenvalue weighted by Crippen LogP contribution is 2.14. The molecule has 0 heterocycles. The molecule has 1 amide bonds. The number of amides is 1. The van der Waals surface area contributed by atoms with Crippen LogP contribution in [0.1, 0.15) is 11.1 Å². The molecule has 3 rings (SSSR count). The molecule has 0 spiro atoms. The Kier molecular flexibility index (Phi) is 7.19. The Bertz CT molecular complexity index is 959. The van der Waals surface area contributed by atoms with Crippen LogP contribution in [0, 0.1) is 5.82 Å². The van der Waals surface area contributed by atoms with Crippen molar-refractivity contribution in [2.24, 2.45) is 5.16 Å². The van der Waals surface area contributed by atoms with Gasteiger partial charge in [0.05, 0.1) is 6.21 Å². The van der Waals surface area contributed by atoms with Crippen molar-refractivity contribution in [3.8, 4) is 5.75 Å². The molecule has 0 aliphatic carbocycles. The molecule has 29 heavy (non-hydrogen) atoms. The maximum atomic E-state index is 12.9. The largest absolute Gasteiger partial charge is 0.489 e. The normalized spacial score (nSPS) is 10.7. The van der Waals surface area contributed by atoms with Crippen molar-refractivity contribution in [3.05, 3.63) is 94.8 Å². The number of anilines is 1. The first-order valence-electron chi connectivity index (χ1n) is 8.76. The van der Waals surface area contributed by atoms with E-state index in [9.17, 15) is 9.18 Å². The van der Waals surface area contributed by atoms with Gasteiger partial charge in [0.2, 0.25) is 0 Å². The van der Waals surface area contributed by atoms with Gasteiger partial charge in [0.15, 0.2) is 6.61 Å². The summed E-state index contributed by atoms with van der Waals surface area (Å²) in [6.45, 7) is 0.136. The van der Waals surface area contributed by atoms with E-state index in [0.29, 0.717) is 23.1 Å². The Labute approximate surface area is 172 Å². The summed E-state index contributed by atoms with van der Waals surface area (Å²) in [7, 11) is 0. The van der Waals surface area contributed by atoms with Gasteiger partial charge in [-0.3, -0.25) is 4.79 Å². The Morgan fingerprint density at radius 1 is 1.00 bits per heavy atom. The number of carbonyl (C=O) groups is 1. The third-order valence-electron chi connectivity index (χ3n) is 3.80. The van der Waals surface area contributed by atoms with Gasteiger partial charge in [-0.1, -0.05) is 28.9 Å². The predicted octanol–water partition coefficient (Wildman–Crippen LogP) is 5.05. The molecule has 0 saturated heterocycles. The van der Waals surface area contributed by atoms with E-state index in [0.717, 1.165) is 11.1 Å². The number of hydrogen-bond donors (Lipinski definition) is 1. The van der Waals surface area contributed by atoms with Crippen LogP contribution in [-0.4, -0.2) is 18.7 Å². The van der Waals surface area contributed by atoms with Crippen LogP contribution in [-0.2, 0) is 16.2 Å². The second-order valence-corrected chi connectivity index (χ2v) is 6.48. The van der Waals surface area contributed by atoms with E-state index in [-0.39, 0.29) is 18.3 Å². The Balaban J connectivity index is 1.40. The quantitative estimate of drug-likeness (QED) is 0.416. The van der Waals surface area contributed by atoms with E-state index in [1.807, 2.05) is 0 Å². The smallest absolute Gasteiger partial charge is 0.265 e. The van der Waals surface area contributed by atoms with Crippen LogP contribution in [0.2, 0.25) is 5.02 Å². The van der Waals surface area contributed by atoms with Crippen molar-refractivity contribution in [1.82, 2.24) is 0 Å². The number of halogens is 2. The minimum atomic E-state index is -0.325. The summed E-state index contributed by atoms with van der Waals surface area (Å²) in [5.74, 6) is 0.0748. The predicted molar refractivity (Wildman–Crippen MR) is 111 cm³/mol. The lowest BCUT2D eigenvalue weighted by Gasteiger charge is -2.06. The number of nitrogens with one attached hydrogen (secondary N) is 1. The molecule has 0 aromatic heterocycles. The molecular weight excluding hydrogens is 395 g/mol. The van der Waals surface area contributed by atoms with Crippen LogP contribution < -0.4 is 10.1 Å². The fourth-order valence-electron chi connectivity index (χ4n) is 2.32. The maximum absolute atomic E-state index is 12.9. The molecule has 3 aromatic carbocycles. The van der Waals surface area contributed by atoms with E-state index in [2.05, 4.69) is 10.5 Å². The fourth-order valence-corrected chi connectivity index (χ4v) is 2.45. The summed E-state index contributed by atoms with van der Waals surface area (Å²) in [4.78, 5) is 16.8. The van der Waals surface area contributed by atoms with Gasteiger partial charge in [-0.15, -0.1) is 0 Å². The van der Waals surface area contributed by atoms with Crippen LogP contribution in [0.5, 0.6) is 5.75 Å². The first-order valence-corrected chi connectivity index (χ1v) is 9.14. The summed E-state index contributed by atoms with van der Waals surface area (Å²) >= 11 is 5.79. The fraction of sp³-hybridized carbons (Fsp3) is 0.0909. The lowest BCUT2D eigenvalue weighted by molar-refractivity contribution is -0.120. The summed E-state index contributed by atoms with van der Waals surface area (Å²) in [6.07, 6.45) is 1.50. The van der Waals surface area contributed by atoms with Crippen molar-refractivity contribution >= 4 is 29.4 Å². The molecule has 3 aromatic rings. The van der Waals surface area contributed by atoms with Crippen LogP contribution in [0.15, 0.2) is 78.0 Å². The number of ether oxygens (including phenoxy) is 1. The van der Waals surface area contributed by atoms with Gasteiger partial charge in [-0.05, 0) is 71.8 Å². The molecule has 0 bridgehead atoms. The van der Waals surface area contributed by atoms with Gasteiger partial charge in [-0.2, -0.15) is 0 Å². The second-order valence-electron chi connectivity index (χ2n) is 6.05. The first-order chi connectivity index (χ1) is 14.1. The number of hydrogen-bond acceptors (Lipinski definition) is 4. The first kappa shape index (κ1) is 20.4. The van der Waals surface area contributed by atoms with Gasteiger partial charge in [-0.25, -0.2) is 4.39 Å². The molecule has 0 aliphatic heterocycles. The van der Waals surface area contributed by atoms with Crippen LogP contribution in [0.25, 0.3) is 0 Å². The summed E-state index contributed by atoms with van der Waals surface area (Å²) < 4.78 is 18.5. The lowest BCUT2D eigenvalue weighted by atomic mass is 10.2. The number of oxime groups is 1. The van der Waals surface area contributed by atoms with E-state index >= 15 is 0 Å². The molecule has 5 nitrogen and oxygen atoms in total. The minimum Gasteiger partial charge on any atom is -0.489 e. The van der Waals surface area contributed by atoms with Gasteiger partial charge >= 0.3 is 0 Å². The Hall–Kier alpha value is -3.38. The van der Waals surface area contributed by atoms with Crippen LogP contribution in [0.4, 0.5) is 10.1 Å². The molecule has 0 unspecified atom stereocenters. The van der Waals surface area contributed by atoms with Crippen molar-refractivity contribution < 1.29 is 18.8 Å². The molecule has 0 fully saturated rings. The summed E-state index contributed by atoms with van der Waals surface area (Å²) in [5, 5.41) is 7.05. The highest BCUT2D eigenvalue weighted by atomic mass is 35.5. The van der Waals surface area contributed by atoms with Crippen molar-refractivity contribution in [2.75, 3.05) is 11.9 Å². The van der Waals surface area contributed by atoms with Crippen molar-refractivity contribution in [3.63, 3.8) is 0 Å². The van der Waals surface area contributed by atoms with Crippen LogP contribution >= 0.6 is 11.6 Å². The molecule has 0 atom stereocenters. The highest BCUT2D eigenvalue weighted by Gasteiger charge is 2.02. The van der Waals surface area contributed by atoms with Gasteiger partial charge < -0.3 is 14.9 Å². The number of benzene rings is 3. The molecule has 7 heteroatoms. The molecule has 148 valence electrons. The van der Waals surface area contributed by atoms with E-state index in [1.54, 1.807) is 60.7 Å². The van der Waals surface area contributed by atoms with Crippen molar-refractivity contribution in [2.45, 2.75) is 6.61 Å². The molecule has 0 saturated carbocycles. The lowest BCUT2D eigenvalue weighted by Crippen LogP contribution is -2.16. The summed E-state index contributed by atoms with van der Waals surface area (Å²) in [6, 6.07) is 20.1. The number of rotatable bonds is 8. The van der Waals surface area contributed by atoms with E-state index in [4.69, 9.17) is 21.2 Å². The maximum Gasteiger partial charge on any atom is 0.265 e. The van der Waals surface area contributed by atoms with Gasteiger partial charge in [0.25, 0.3) is 5.91 Å². The Morgan fingerprint density at radius 2 is 1.69 bits per heavy atom. The average Bonchev–Trinajstić information content (AvgIpc) is 2.73. The third-order valence-corrected chi connectivity index (χ3v) is 4.05. The minimum absolute atomic E-state index is 0.210. The van der Waals surface area contributed by atoms with E-state index in [1.165, 1.54) is 18.3 Å². The van der Waals surface area contributed by atoms with Gasteiger partial charge in [0.1, 0.15) is 18.2 Å². The third kappa shape index (κ3) is 6.93. The zero-order valence-corrected chi connectivity index (χ0v) is 16.1. The monoisotopic (exact) mass is 412 g/mol. The standard InChI is InChI=1S/C22H18ClFN2O3/c23-18-5-9-20(10-6-18)26-22(27)15-29-25-13-16-3-11-21(12-4-16)28-14-17-1-7-19(24)8-2-17/h1-13H,14-15H2,(H,26,27). The molecule has 1 N–H and O–H groups in total. The number of nitrogens with zero attached hydrogens (tertiary/aromatic N) is 1. The molecule has 0 radical (unpaired) electrons. The topological polar surface area (TPSA) is 59.9 Å². The molecule has 0 aliphatic rings. The van der Waals surface area contributed by atoms with Crippen molar-refractivity contribution in [1.29, 1.82) is 0 Å². The van der Waals surface area contributed by atoms with E-state index < -0.39 is 0 Å². The zero-order valence-electron chi connectivity index (χ0n) is 15.3. The Morgan fingerprint density at radius 3 is 2.38 bits per heavy atom. The van der Waals surface area contributed by atoms with Gasteiger partial charge in [0, 0.05) is 10.7 Å². The number of carbonyl (C=O) groups excluding carboxylic acids is 1. The SMILES string of the molecule is O=C(CON=Cc1ccc(OCc2ccc(F)cc2)cc1)Nc1ccc(Cl)cc1. The average molecular weight is 413 g/mol. The highest BCUT2D eigenvalue weighted by molar-refractivity contribution is 6.30. The summed E-state index contributed by atoms with van der Waals surface area (Å²) in [5.41, 5.74) is 2.29. The zero-order chi connectivity index (χ0) is 20.5. The second kappa shape index (κ2) is 10.2.